The molecule has 0 aromatic heterocycles. The molecule has 0 bridgehead atoms. The normalized spacial score (nSPS) is 25.4. The highest BCUT2D eigenvalue weighted by molar-refractivity contribution is 9.09. The molecule has 0 spiro atoms. The first-order chi connectivity index (χ1) is 7.30. The van der Waals surface area contributed by atoms with Gasteiger partial charge in [0, 0.05) is 17.9 Å². The monoisotopic (exact) mass is 311 g/mol. The average Bonchev–Trinajstić information content (AvgIpc) is 2.40. The van der Waals surface area contributed by atoms with Gasteiger partial charge in [0.1, 0.15) is 0 Å². The predicted molar refractivity (Wildman–Crippen MR) is 71.4 cm³/mol. The molecule has 16 heavy (non-hydrogen) atoms. The van der Waals surface area contributed by atoms with Crippen LogP contribution in [0, 0.1) is 0 Å². The molecule has 1 rings (SSSR count). The SMILES string of the molecule is CC(C)(C)S(=O)(=O)N1CCCCCC1CBr. The Morgan fingerprint density at radius 1 is 1.25 bits per heavy atom. The number of hydrogen-bond acceptors (Lipinski definition) is 2. The zero-order chi connectivity index (χ0) is 12.4. The van der Waals surface area contributed by atoms with Gasteiger partial charge in [-0.1, -0.05) is 28.8 Å². The lowest BCUT2D eigenvalue weighted by Gasteiger charge is -2.33. The quantitative estimate of drug-likeness (QED) is 0.735. The molecule has 0 N–H and O–H groups in total. The molecule has 1 fully saturated rings. The molecule has 0 saturated carbocycles. The Labute approximate surface area is 108 Å². The van der Waals surface area contributed by atoms with Crippen molar-refractivity contribution in [2.24, 2.45) is 0 Å². The summed E-state index contributed by atoms with van der Waals surface area (Å²) in [5, 5.41) is 0.738. The van der Waals surface area contributed by atoms with Gasteiger partial charge < -0.3 is 0 Å². The summed E-state index contributed by atoms with van der Waals surface area (Å²) in [6.45, 7) is 6.01. The minimum absolute atomic E-state index is 0.131. The number of sulfonamides is 1. The van der Waals surface area contributed by atoms with Crippen LogP contribution >= 0.6 is 15.9 Å². The van der Waals surface area contributed by atoms with E-state index in [9.17, 15) is 8.42 Å². The highest BCUT2D eigenvalue weighted by atomic mass is 79.9. The third-order valence-electron chi connectivity index (χ3n) is 3.08. The minimum atomic E-state index is -3.18. The zero-order valence-electron chi connectivity index (χ0n) is 10.4. The number of alkyl halides is 1. The summed E-state index contributed by atoms with van der Waals surface area (Å²) < 4.78 is 25.9. The Kier molecular flexibility index (Phi) is 4.84. The van der Waals surface area contributed by atoms with Crippen molar-refractivity contribution in [1.82, 2.24) is 4.31 Å². The van der Waals surface area contributed by atoms with Crippen molar-refractivity contribution in [2.45, 2.75) is 57.2 Å². The summed E-state index contributed by atoms with van der Waals surface area (Å²) in [5.74, 6) is 0. The molecule has 0 amide bonds. The van der Waals surface area contributed by atoms with Crippen molar-refractivity contribution >= 4 is 26.0 Å². The number of halogens is 1. The van der Waals surface area contributed by atoms with Gasteiger partial charge in [-0.2, -0.15) is 4.31 Å². The van der Waals surface area contributed by atoms with E-state index in [0.717, 1.165) is 31.0 Å². The van der Waals surface area contributed by atoms with Crippen LogP contribution in [0.1, 0.15) is 46.5 Å². The number of nitrogens with zero attached hydrogens (tertiary/aromatic N) is 1. The number of rotatable bonds is 2. The van der Waals surface area contributed by atoms with E-state index in [1.54, 1.807) is 25.1 Å². The molecular formula is C11H22BrNO2S. The fourth-order valence-corrected chi connectivity index (χ4v) is 4.48. The van der Waals surface area contributed by atoms with Crippen molar-refractivity contribution in [2.75, 3.05) is 11.9 Å². The van der Waals surface area contributed by atoms with Gasteiger partial charge in [0.15, 0.2) is 0 Å². The largest absolute Gasteiger partial charge is 0.219 e. The Balaban J connectivity index is 2.99. The molecule has 1 saturated heterocycles. The smallest absolute Gasteiger partial charge is 0.212 e. The summed E-state index contributed by atoms with van der Waals surface area (Å²) >= 11 is 3.44. The molecule has 0 aliphatic carbocycles. The second kappa shape index (κ2) is 5.36. The Morgan fingerprint density at radius 2 is 1.88 bits per heavy atom. The highest BCUT2D eigenvalue weighted by Crippen LogP contribution is 2.28. The van der Waals surface area contributed by atoms with Crippen LogP contribution in [0.15, 0.2) is 0 Å². The van der Waals surface area contributed by atoms with Crippen LogP contribution in [0.4, 0.5) is 0 Å². The van der Waals surface area contributed by atoms with Crippen molar-refractivity contribution in [3.8, 4) is 0 Å². The van der Waals surface area contributed by atoms with E-state index in [-0.39, 0.29) is 6.04 Å². The van der Waals surface area contributed by atoms with Gasteiger partial charge in [0.2, 0.25) is 10.0 Å². The molecule has 3 nitrogen and oxygen atoms in total. The third kappa shape index (κ3) is 2.99. The van der Waals surface area contributed by atoms with Crippen LogP contribution in [-0.4, -0.2) is 35.4 Å². The van der Waals surface area contributed by atoms with Crippen LogP contribution < -0.4 is 0 Å². The van der Waals surface area contributed by atoms with Crippen molar-refractivity contribution in [3.63, 3.8) is 0 Å². The summed E-state index contributed by atoms with van der Waals surface area (Å²) in [6.07, 6.45) is 4.23. The minimum Gasteiger partial charge on any atom is -0.212 e. The second-order valence-corrected chi connectivity index (χ2v) is 8.68. The van der Waals surface area contributed by atoms with Gasteiger partial charge in [0.05, 0.1) is 4.75 Å². The standard InChI is InChI=1S/C11H22BrNO2S/c1-11(2,3)16(14,15)13-8-6-4-5-7-10(13)9-12/h10H,4-9H2,1-3H3. The Hall–Kier alpha value is 0.390. The maximum absolute atomic E-state index is 12.4. The fourth-order valence-electron chi connectivity index (χ4n) is 1.97. The lowest BCUT2D eigenvalue weighted by molar-refractivity contribution is 0.336. The van der Waals surface area contributed by atoms with E-state index in [1.807, 2.05) is 0 Å². The first-order valence-corrected chi connectivity index (χ1v) is 8.44. The van der Waals surface area contributed by atoms with E-state index >= 15 is 0 Å². The van der Waals surface area contributed by atoms with Crippen LogP contribution in [0.5, 0.6) is 0 Å². The van der Waals surface area contributed by atoms with Crippen LogP contribution in [0.2, 0.25) is 0 Å². The van der Waals surface area contributed by atoms with Crippen LogP contribution in [0.25, 0.3) is 0 Å². The molecule has 1 heterocycles. The lowest BCUT2D eigenvalue weighted by Crippen LogP contribution is -2.48. The van der Waals surface area contributed by atoms with Gasteiger partial charge in [-0.05, 0) is 33.6 Å². The molecule has 0 radical (unpaired) electrons. The van der Waals surface area contributed by atoms with E-state index in [0.29, 0.717) is 6.54 Å². The van der Waals surface area contributed by atoms with Gasteiger partial charge in [-0.3, -0.25) is 0 Å². The molecule has 5 heteroatoms. The molecule has 1 aliphatic heterocycles. The van der Waals surface area contributed by atoms with Gasteiger partial charge in [-0.15, -0.1) is 0 Å². The van der Waals surface area contributed by atoms with Crippen molar-refractivity contribution in [1.29, 1.82) is 0 Å². The van der Waals surface area contributed by atoms with E-state index < -0.39 is 14.8 Å². The molecule has 1 unspecified atom stereocenters. The first-order valence-electron chi connectivity index (χ1n) is 5.88. The maximum Gasteiger partial charge on any atom is 0.219 e. The van der Waals surface area contributed by atoms with Crippen LogP contribution in [0.3, 0.4) is 0 Å². The Bertz CT molecular complexity index is 321. The molecule has 0 aromatic carbocycles. The van der Waals surface area contributed by atoms with Gasteiger partial charge in [0.25, 0.3) is 0 Å². The highest BCUT2D eigenvalue weighted by Gasteiger charge is 2.38. The summed E-state index contributed by atoms with van der Waals surface area (Å²) in [6, 6.07) is 0.131. The molecule has 1 atom stereocenters. The van der Waals surface area contributed by atoms with E-state index in [4.69, 9.17) is 0 Å². The lowest BCUT2D eigenvalue weighted by atomic mass is 10.1. The second-order valence-electron chi connectivity index (χ2n) is 5.39. The summed E-state index contributed by atoms with van der Waals surface area (Å²) in [4.78, 5) is 0. The number of hydrogen-bond donors (Lipinski definition) is 0. The Morgan fingerprint density at radius 3 is 2.38 bits per heavy atom. The molecule has 96 valence electrons. The van der Waals surface area contributed by atoms with Gasteiger partial charge >= 0.3 is 0 Å². The average molecular weight is 312 g/mol. The topological polar surface area (TPSA) is 37.4 Å². The molecule has 1 aliphatic rings. The predicted octanol–water partition coefficient (Wildman–Crippen LogP) is 2.75. The first kappa shape index (κ1) is 14.5. The molecule has 0 aromatic rings. The zero-order valence-corrected chi connectivity index (χ0v) is 12.8. The maximum atomic E-state index is 12.4. The summed E-state index contributed by atoms with van der Waals surface area (Å²) in [5.41, 5.74) is 0. The molecular weight excluding hydrogens is 290 g/mol. The van der Waals surface area contributed by atoms with Gasteiger partial charge in [-0.25, -0.2) is 8.42 Å². The van der Waals surface area contributed by atoms with Crippen molar-refractivity contribution < 1.29 is 8.42 Å². The summed E-state index contributed by atoms with van der Waals surface area (Å²) in [7, 11) is -3.18. The van der Waals surface area contributed by atoms with Crippen molar-refractivity contribution in [3.05, 3.63) is 0 Å². The fraction of sp³-hybridized carbons (Fsp3) is 1.00. The van der Waals surface area contributed by atoms with E-state index in [2.05, 4.69) is 15.9 Å². The third-order valence-corrected chi connectivity index (χ3v) is 6.48. The van der Waals surface area contributed by atoms with Crippen LogP contribution in [-0.2, 0) is 10.0 Å². The van der Waals surface area contributed by atoms with E-state index in [1.165, 1.54) is 0 Å².